The lowest BCUT2D eigenvalue weighted by Crippen LogP contribution is -2.10. The van der Waals surface area contributed by atoms with Gasteiger partial charge in [0.25, 0.3) is 0 Å². The van der Waals surface area contributed by atoms with Crippen molar-refractivity contribution >= 4 is 18.1 Å². The van der Waals surface area contributed by atoms with Crippen LogP contribution in [-0.4, -0.2) is 6.67 Å². The fraction of sp³-hybridized carbons (Fsp3) is 0.250. The quantitative estimate of drug-likeness (QED) is 0.842. The molecule has 0 amide bonds. The van der Waals surface area contributed by atoms with E-state index in [1.54, 1.807) is 0 Å². The molecular formula is C16H20ClFN2. The van der Waals surface area contributed by atoms with Crippen LogP contribution in [0.4, 0.5) is 10.1 Å². The van der Waals surface area contributed by atoms with Gasteiger partial charge in [-0.25, -0.2) is 0 Å². The van der Waals surface area contributed by atoms with E-state index < -0.39 is 0 Å². The number of rotatable bonds is 6. The predicted molar refractivity (Wildman–Crippen MR) is 85.0 cm³/mol. The van der Waals surface area contributed by atoms with Crippen molar-refractivity contribution in [3.63, 3.8) is 0 Å². The van der Waals surface area contributed by atoms with E-state index in [0.717, 1.165) is 17.8 Å². The summed E-state index contributed by atoms with van der Waals surface area (Å²) in [6.07, 6.45) is 0.372. The van der Waals surface area contributed by atoms with E-state index in [-0.39, 0.29) is 25.1 Å². The van der Waals surface area contributed by atoms with Gasteiger partial charge >= 0.3 is 0 Å². The van der Waals surface area contributed by atoms with Crippen LogP contribution in [0.2, 0.25) is 0 Å². The minimum atomic E-state index is -0.380. The molecule has 0 bridgehead atoms. The average Bonchev–Trinajstić information content (AvgIpc) is 2.47. The summed E-state index contributed by atoms with van der Waals surface area (Å²) in [6.45, 7) is 0.409. The third kappa shape index (κ3) is 4.83. The zero-order chi connectivity index (χ0) is 13.5. The Morgan fingerprint density at radius 2 is 1.65 bits per heavy atom. The second-order valence-electron chi connectivity index (χ2n) is 4.55. The molecule has 0 heterocycles. The third-order valence-electron chi connectivity index (χ3n) is 3.10. The van der Waals surface area contributed by atoms with Gasteiger partial charge in [-0.3, -0.25) is 4.39 Å². The molecule has 108 valence electrons. The number of alkyl halides is 1. The van der Waals surface area contributed by atoms with Crippen molar-refractivity contribution in [1.82, 2.24) is 0 Å². The maximum absolute atomic E-state index is 12.2. The highest BCUT2D eigenvalue weighted by Crippen LogP contribution is 2.17. The van der Waals surface area contributed by atoms with Crippen molar-refractivity contribution in [2.24, 2.45) is 5.73 Å². The second-order valence-corrected chi connectivity index (χ2v) is 4.55. The fourth-order valence-electron chi connectivity index (χ4n) is 1.93. The summed E-state index contributed by atoms with van der Waals surface area (Å²) < 4.78 is 12.2. The van der Waals surface area contributed by atoms with E-state index in [1.165, 1.54) is 5.56 Å². The highest BCUT2D eigenvalue weighted by atomic mass is 35.5. The van der Waals surface area contributed by atoms with Crippen molar-refractivity contribution in [2.75, 3.05) is 12.0 Å². The molecule has 0 aliphatic rings. The van der Waals surface area contributed by atoms with Gasteiger partial charge in [0, 0.05) is 18.3 Å². The molecule has 0 saturated heterocycles. The van der Waals surface area contributed by atoms with E-state index >= 15 is 0 Å². The Labute approximate surface area is 125 Å². The van der Waals surface area contributed by atoms with Gasteiger partial charge in [0.1, 0.15) is 0 Å². The number of benzene rings is 2. The van der Waals surface area contributed by atoms with Crippen LogP contribution in [0.5, 0.6) is 0 Å². The molecule has 0 saturated carbocycles. The molecule has 0 radical (unpaired) electrons. The first-order valence-corrected chi connectivity index (χ1v) is 6.49. The maximum Gasteiger partial charge on any atom is 0.0912 e. The van der Waals surface area contributed by atoms with Crippen molar-refractivity contribution < 1.29 is 4.39 Å². The molecule has 1 atom stereocenters. The molecule has 0 fully saturated rings. The highest BCUT2D eigenvalue weighted by Gasteiger charge is 2.05. The molecule has 2 aromatic rings. The average molecular weight is 295 g/mol. The van der Waals surface area contributed by atoms with Crippen LogP contribution < -0.4 is 11.1 Å². The first-order chi connectivity index (χ1) is 9.29. The predicted octanol–water partition coefficient (Wildman–Crippen LogP) is 4.08. The van der Waals surface area contributed by atoms with Gasteiger partial charge in [-0.15, -0.1) is 12.4 Å². The molecule has 2 nitrogen and oxygen atoms in total. The van der Waals surface area contributed by atoms with Crippen LogP contribution in [0.1, 0.15) is 23.6 Å². The van der Waals surface area contributed by atoms with Crippen molar-refractivity contribution in [3.8, 4) is 0 Å². The van der Waals surface area contributed by atoms with Crippen molar-refractivity contribution in [1.29, 1.82) is 0 Å². The molecular weight excluding hydrogens is 275 g/mol. The number of anilines is 1. The van der Waals surface area contributed by atoms with Crippen LogP contribution in [0.15, 0.2) is 54.6 Å². The smallest absolute Gasteiger partial charge is 0.0912 e. The van der Waals surface area contributed by atoms with E-state index in [4.69, 9.17) is 5.73 Å². The summed E-state index contributed by atoms with van der Waals surface area (Å²) in [6, 6.07) is 17.9. The lowest BCUT2D eigenvalue weighted by Gasteiger charge is -2.11. The monoisotopic (exact) mass is 294 g/mol. The minimum absolute atomic E-state index is 0. The fourth-order valence-corrected chi connectivity index (χ4v) is 1.93. The number of hydrogen-bond donors (Lipinski definition) is 2. The number of halogens is 2. The van der Waals surface area contributed by atoms with E-state index in [0.29, 0.717) is 6.42 Å². The van der Waals surface area contributed by atoms with Crippen molar-refractivity contribution in [3.05, 3.63) is 65.7 Å². The van der Waals surface area contributed by atoms with E-state index in [9.17, 15) is 4.39 Å². The van der Waals surface area contributed by atoms with Crippen molar-refractivity contribution in [2.45, 2.75) is 19.0 Å². The molecule has 2 rings (SSSR count). The first-order valence-electron chi connectivity index (χ1n) is 6.49. The normalized spacial score (nSPS) is 11.5. The molecule has 0 unspecified atom stereocenters. The molecule has 3 N–H and O–H groups in total. The molecule has 0 aromatic heterocycles. The molecule has 2 aromatic carbocycles. The lowest BCUT2D eigenvalue weighted by molar-refractivity contribution is 0.442. The van der Waals surface area contributed by atoms with Gasteiger partial charge in [-0.2, -0.15) is 0 Å². The highest BCUT2D eigenvalue weighted by molar-refractivity contribution is 5.85. The van der Waals surface area contributed by atoms with Gasteiger partial charge in [0.2, 0.25) is 0 Å². The molecule has 0 aliphatic carbocycles. The minimum Gasteiger partial charge on any atom is -0.381 e. The Hall–Kier alpha value is -1.58. The summed E-state index contributed by atoms with van der Waals surface area (Å²) in [7, 11) is 0. The summed E-state index contributed by atoms with van der Waals surface area (Å²) >= 11 is 0. The third-order valence-corrected chi connectivity index (χ3v) is 3.10. The first kappa shape index (κ1) is 16.5. The Balaban J connectivity index is 0.00000200. The summed E-state index contributed by atoms with van der Waals surface area (Å²) in [5.41, 5.74) is 9.11. The van der Waals surface area contributed by atoms with E-state index in [2.05, 4.69) is 17.4 Å². The number of nitrogens with one attached hydrogen (secondary N) is 1. The molecule has 0 spiro atoms. The van der Waals surface area contributed by atoms with Crippen LogP contribution in [0.3, 0.4) is 0 Å². The second kappa shape index (κ2) is 8.56. The van der Waals surface area contributed by atoms with Gasteiger partial charge in [0.15, 0.2) is 0 Å². The van der Waals surface area contributed by atoms with Crippen LogP contribution >= 0.6 is 12.4 Å². The standard InChI is InChI=1S/C16H19FN2.ClH/c17-11-10-16(18)14-6-8-15(9-7-14)19-12-13-4-2-1-3-5-13;/h1-9,16,19H,10-12,18H2;1H/t16-;/m0./s1. The van der Waals surface area contributed by atoms with E-state index in [1.807, 2.05) is 42.5 Å². The Morgan fingerprint density at radius 1 is 1.00 bits per heavy atom. The topological polar surface area (TPSA) is 38.0 Å². The molecule has 20 heavy (non-hydrogen) atoms. The number of hydrogen-bond acceptors (Lipinski definition) is 2. The van der Waals surface area contributed by atoms with Crippen LogP contribution in [-0.2, 0) is 6.54 Å². The lowest BCUT2D eigenvalue weighted by atomic mass is 10.1. The maximum atomic E-state index is 12.2. The molecule has 4 heteroatoms. The Bertz CT molecular complexity index is 488. The van der Waals surface area contributed by atoms with Crippen LogP contribution in [0, 0.1) is 0 Å². The van der Waals surface area contributed by atoms with Crippen LogP contribution in [0.25, 0.3) is 0 Å². The summed E-state index contributed by atoms with van der Waals surface area (Å²) in [5, 5.41) is 3.34. The zero-order valence-corrected chi connectivity index (χ0v) is 12.1. The van der Waals surface area contributed by atoms with Gasteiger partial charge in [0.05, 0.1) is 6.67 Å². The summed E-state index contributed by atoms with van der Waals surface area (Å²) in [5.74, 6) is 0. The van der Waals surface area contributed by atoms with Gasteiger partial charge < -0.3 is 11.1 Å². The Morgan fingerprint density at radius 3 is 2.25 bits per heavy atom. The SMILES string of the molecule is Cl.N[C@@H](CCF)c1ccc(NCc2ccccc2)cc1. The summed E-state index contributed by atoms with van der Waals surface area (Å²) in [4.78, 5) is 0. The zero-order valence-electron chi connectivity index (χ0n) is 11.3. The largest absolute Gasteiger partial charge is 0.381 e. The van der Waals surface area contributed by atoms with Gasteiger partial charge in [-0.1, -0.05) is 42.5 Å². The number of nitrogens with two attached hydrogens (primary N) is 1. The van der Waals surface area contributed by atoms with Gasteiger partial charge in [-0.05, 0) is 29.7 Å². The molecule has 0 aliphatic heterocycles. The Kier molecular flexibility index (Phi) is 7.05.